The number of halogens is 1. The minimum absolute atomic E-state index is 0.313. The summed E-state index contributed by atoms with van der Waals surface area (Å²) in [6.45, 7) is 5.54. The van der Waals surface area contributed by atoms with E-state index in [1.54, 1.807) is 17.4 Å². The van der Waals surface area contributed by atoms with Crippen molar-refractivity contribution in [2.75, 3.05) is 0 Å². The first-order chi connectivity index (χ1) is 6.87. The molecule has 1 aromatic heterocycles. The average Bonchev–Trinajstić information content (AvgIpc) is 2.45. The van der Waals surface area contributed by atoms with Crippen molar-refractivity contribution in [2.24, 2.45) is 0 Å². The van der Waals surface area contributed by atoms with E-state index in [0.29, 0.717) is 0 Å². The number of thiophene rings is 1. The zero-order chi connectivity index (χ0) is 11.5. The lowest BCUT2D eigenvalue weighted by Gasteiger charge is -2.17. The maximum atomic E-state index is 11.3. The molecule has 2 nitrogen and oxygen atoms in total. The van der Waals surface area contributed by atoms with Crippen molar-refractivity contribution in [2.45, 2.75) is 26.4 Å². The van der Waals surface area contributed by atoms with Crippen LogP contribution in [0.1, 0.15) is 25.6 Å². The van der Waals surface area contributed by atoms with Crippen molar-refractivity contribution in [1.29, 1.82) is 0 Å². The van der Waals surface area contributed by atoms with Crippen molar-refractivity contribution in [1.82, 2.24) is 0 Å². The minimum atomic E-state index is -0.433. The van der Waals surface area contributed by atoms with Crippen LogP contribution in [0.5, 0.6) is 0 Å². The molecule has 0 unspecified atom stereocenters. The zero-order valence-corrected chi connectivity index (χ0v) is 11.3. The lowest BCUT2D eigenvalue weighted by atomic mass is 10.2. The number of hydrogen-bond acceptors (Lipinski definition) is 3. The van der Waals surface area contributed by atoms with Gasteiger partial charge in [0.05, 0.1) is 3.79 Å². The quantitative estimate of drug-likeness (QED) is 0.610. The fraction of sp³-hybridized carbons (Fsp3) is 0.364. The van der Waals surface area contributed by atoms with E-state index >= 15 is 0 Å². The van der Waals surface area contributed by atoms with Crippen molar-refractivity contribution < 1.29 is 9.53 Å². The molecule has 0 aromatic carbocycles. The Morgan fingerprint density at radius 1 is 1.47 bits per heavy atom. The van der Waals surface area contributed by atoms with Gasteiger partial charge in [0.25, 0.3) is 0 Å². The number of rotatable bonds is 2. The van der Waals surface area contributed by atoms with E-state index in [2.05, 4.69) is 15.9 Å². The molecule has 4 heteroatoms. The molecule has 1 rings (SSSR count). The second-order valence-electron chi connectivity index (χ2n) is 4.01. The topological polar surface area (TPSA) is 26.3 Å². The Morgan fingerprint density at radius 3 is 2.60 bits per heavy atom. The number of esters is 1. The molecule has 0 bridgehead atoms. The Kier molecular flexibility index (Phi) is 4.11. The summed E-state index contributed by atoms with van der Waals surface area (Å²) in [5, 5.41) is 0. The van der Waals surface area contributed by atoms with Crippen molar-refractivity contribution in [3.63, 3.8) is 0 Å². The Balaban J connectivity index is 2.55. The van der Waals surface area contributed by atoms with Crippen molar-refractivity contribution in [3.05, 3.63) is 26.9 Å². The molecule has 82 valence electrons. The second kappa shape index (κ2) is 4.94. The van der Waals surface area contributed by atoms with Crippen LogP contribution in [-0.4, -0.2) is 11.6 Å². The fourth-order valence-corrected chi connectivity index (χ4v) is 2.23. The molecule has 0 spiro atoms. The molecule has 0 aliphatic rings. The van der Waals surface area contributed by atoms with Crippen LogP contribution in [0.25, 0.3) is 6.08 Å². The van der Waals surface area contributed by atoms with Crippen LogP contribution in [0, 0.1) is 0 Å². The van der Waals surface area contributed by atoms with Crippen LogP contribution in [0.15, 0.2) is 22.0 Å². The van der Waals surface area contributed by atoms with E-state index in [1.165, 1.54) is 6.08 Å². The van der Waals surface area contributed by atoms with Gasteiger partial charge in [0.2, 0.25) is 0 Å². The Labute approximate surface area is 102 Å². The summed E-state index contributed by atoms with van der Waals surface area (Å²) in [6, 6.07) is 3.88. The van der Waals surface area contributed by atoms with Crippen LogP contribution < -0.4 is 0 Å². The normalized spacial score (nSPS) is 12.0. The molecule has 0 saturated carbocycles. The molecule has 0 N–H and O–H groups in total. The first kappa shape index (κ1) is 12.5. The van der Waals surface area contributed by atoms with Crippen molar-refractivity contribution >= 4 is 39.3 Å². The molecule has 1 aromatic rings. The number of carbonyl (C=O) groups excluding carboxylic acids is 1. The van der Waals surface area contributed by atoms with Crippen LogP contribution >= 0.6 is 27.3 Å². The maximum absolute atomic E-state index is 11.3. The highest BCUT2D eigenvalue weighted by Gasteiger charge is 2.13. The minimum Gasteiger partial charge on any atom is -0.457 e. The number of ether oxygens (including phenoxy) is 1. The van der Waals surface area contributed by atoms with E-state index in [9.17, 15) is 4.79 Å². The Morgan fingerprint density at radius 2 is 2.13 bits per heavy atom. The zero-order valence-electron chi connectivity index (χ0n) is 8.91. The maximum Gasteiger partial charge on any atom is 0.331 e. The molecule has 0 radical (unpaired) electrons. The van der Waals surface area contributed by atoms with E-state index in [-0.39, 0.29) is 5.97 Å². The van der Waals surface area contributed by atoms with Crippen LogP contribution in [0.2, 0.25) is 0 Å². The highest BCUT2D eigenvalue weighted by molar-refractivity contribution is 9.11. The van der Waals surface area contributed by atoms with E-state index in [4.69, 9.17) is 4.74 Å². The number of hydrogen-bond donors (Lipinski definition) is 0. The lowest BCUT2D eigenvalue weighted by Crippen LogP contribution is -2.22. The first-order valence-electron chi connectivity index (χ1n) is 4.53. The smallest absolute Gasteiger partial charge is 0.331 e. The largest absolute Gasteiger partial charge is 0.457 e. The third-order valence-electron chi connectivity index (χ3n) is 1.38. The molecule has 1 heterocycles. The van der Waals surface area contributed by atoms with Gasteiger partial charge in [-0.25, -0.2) is 4.79 Å². The Bertz CT molecular complexity index is 374. The standard InChI is InChI=1S/C11H13BrO2S/c1-11(2,3)14-10(13)7-5-8-4-6-9(12)15-8/h4-7H,1-3H3/b7-5+. The first-order valence-corrected chi connectivity index (χ1v) is 6.14. The van der Waals surface area contributed by atoms with Crippen LogP contribution in [0.3, 0.4) is 0 Å². The molecule has 15 heavy (non-hydrogen) atoms. The van der Waals surface area contributed by atoms with Gasteiger partial charge in [-0.2, -0.15) is 0 Å². The average molecular weight is 289 g/mol. The predicted octanol–water partition coefficient (Wildman–Crippen LogP) is 3.87. The predicted molar refractivity (Wildman–Crippen MR) is 66.9 cm³/mol. The highest BCUT2D eigenvalue weighted by Crippen LogP contribution is 2.23. The van der Waals surface area contributed by atoms with Gasteiger partial charge in [-0.1, -0.05) is 0 Å². The lowest BCUT2D eigenvalue weighted by molar-refractivity contribution is -0.148. The molecule has 0 saturated heterocycles. The van der Waals surface area contributed by atoms with Crippen LogP contribution in [0.4, 0.5) is 0 Å². The third kappa shape index (κ3) is 5.14. The van der Waals surface area contributed by atoms with Gasteiger partial charge < -0.3 is 4.74 Å². The molecule has 0 fully saturated rings. The van der Waals surface area contributed by atoms with E-state index in [0.717, 1.165) is 8.66 Å². The van der Waals surface area contributed by atoms with Gasteiger partial charge in [0.15, 0.2) is 0 Å². The fourth-order valence-electron chi connectivity index (χ4n) is 0.904. The van der Waals surface area contributed by atoms with E-state index < -0.39 is 5.60 Å². The van der Waals surface area contributed by atoms with Gasteiger partial charge in [-0.05, 0) is 54.9 Å². The molecular formula is C11H13BrO2S. The summed E-state index contributed by atoms with van der Waals surface area (Å²) in [4.78, 5) is 12.3. The van der Waals surface area contributed by atoms with Crippen molar-refractivity contribution in [3.8, 4) is 0 Å². The molecule has 0 aliphatic carbocycles. The van der Waals surface area contributed by atoms with Gasteiger partial charge in [-0.15, -0.1) is 11.3 Å². The number of carbonyl (C=O) groups is 1. The SMILES string of the molecule is CC(C)(C)OC(=O)/C=C/c1ccc(Br)s1. The molecule has 0 atom stereocenters. The monoisotopic (exact) mass is 288 g/mol. The van der Waals surface area contributed by atoms with Gasteiger partial charge in [-0.3, -0.25) is 0 Å². The second-order valence-corrected chi connectivity index (χ2v) is 6.50. The highest BCUT2D eigenvalue weighted by atomic mass is 79.9. The molecule has 0 aliphatic heterocycles. The molecular weight excluding hydrogens is 276 g/mol. The van der Waals surface area contributed by atoms with Gasteiger partial charge in [0, 0.05) is 11.0 Å². The summed E-state index contributed by atoms with van der Waals surface area (Å²) in [7, 11) is 0. The van der Waals surface area contributed by atoms with Crippen LogP contribution in [-0.2, 0) is 9.53 Å². The summed E-state index contributed by atoms with van der Waals surface area (Å²) < 4.78 is 6.18. The van der Waals surface area contributed by atoms with Gasteiger partial charge >= 0.3 is 5.97 Å². The summed E-state index contributed by atoms with van der Waals surface area (Å²) in [5.74, 6) is -0.313. The third-order valence-corrected chi connectivity index (χ3v) is 2.97. The summed E-state index contributed by atoms with van der Waals surface area (Å²) >= 11 is 4.93. The van der Waals surface area contributed by atoms with Gasteiger partial charge in [0.1, 0.15) is 5.60 Å². The summed E-state index contributed by atoms with van der Waals surface area (Å²) in [5.41, 5.74) is -0.433. The summed E-state index contributed by atoms with van der Waals surface area (Å²) in [6.07, 6.45) is 3.20. The molecule has 0 amide bonds. The van der Waals surface area contributed by atoms with E-state index in [1.807, 2.05) is 32.9 Å². The Hall–Kier alpha value is -0.610.